The lowest BCUT2D eigenvalue weighted by Crippen LogP contribution is -2.47. The maximum absolute atomic E-state index is 13.2. The number of likely N-dealkylation sites (tertiary alicyclic amines) is 2. The van der Waals surface area contributed by atoms with Crippen molar-refractivity contribution in [2.24, 2.45) is 0 Å². The Balaban J connectivity index is 1.35. The van der Waals surface area contributed by atoms with Crippen LogP contribution < -0.4 is 4.74 Å². The Morgan fingerprint density at radius 3 is 2.36 bits per heavy atom. The molecule has 1 aromatic carbocycles. The Hall–Kier alpha value is -2.58. The monoisotopic (exact) mass is 470 g/mol. The molecule has 2 atom stereocenters. The minimum atomic E-state index is 0.0160. The van der Waals surface area contributed by atoms with Gasteiger partial charge >= 0.3 is 6.03 Å². The van der Waals surface area contributed by atoms with E-state index in [-0.39, 0.29) is 24.0 Å². The number of benzene rings is 1. The lowest BCUT2D eigenvalue weighted by atomic mass is 10.2. The van der Waals surface area contributed by atoms with Gasteiger partial charge in [0.15, 0.2) is 0 Å². The van der Waals surface area contributed by atoms with Crippen molar-refractivity contribution < 1.29 is 14.3 Å². The third kappa shape index (κ3) is 5.17. The fourth-order valence-electron chi connectivity index (χ4n) is 4.67. The first-order chi connectivity index (χ1) is 15.9. The summed E-state index contributed by atoms with van der Waals surface area (Å²) in [5, 5.41) is 0. The molecule has 0 aliphatic carbocycles. The molecule has 2 aliphatic rings. The molecule has 3 amide bonds. The third-order valence-electron chi connectivity index (χ3n) is 6.78. The first kappa shape index (κ1) is 23.6. The van der Waals surface area contributed by atoms with Gasteiger partial charge in [-0.15, -0.1) is 11.3 Å². The van der Waals surface area contributed by atoms with E-state index in [1.165, 1.54) is 11.3 Å². The quantitative estimate of drug-likeness (QED) is 0.646. The van der Waals surface area contributed by atoms with Gasteiger partial charge in [0.05, 0.1) is 17.5 Å². The van der Waals surface area contributed by atoms with Crippen LogP contribution in [0.4, 0.5) is 4.79 Å². The number of hydrogen-bond donors (Lipinski definition) is 0. The predicted molar refractivity (Wildman–Crippen MR) is 132 cm³/mol. The number of likely N-dealkylation sites (N-methyl/N-ethyl adjacent to an activating group) is 3. The van der Waals surface area contributed by atoms with Crippen molar-refractivity contribution in [3.63, 3.8) is 0 Å². The number of ether oxygens (including phenoxy) is 1. The largest absolute Gasteiger partial charge is 0.494 e. The summed E-state index contributed by atoms with van der Waals surface area (Å²) in [4.78, 5) is 35.8. The van der Waals surface area contributed by atoms with Gasteiger partial charge in [0.25, 0.3) is 5.91 Å². The van der Waals surface area contributed by atoms with Gasteiger partial charge in [0, 0.05) is 44.6 Å². The molecular formula is C25H34N4O3S. The Labute approximate surface area is 200 Å². The second kappa shape index (κ2) is 10.1. The zero-order chi connectivity index (χ0) is 23.5. The van der Waals surface area contributed by atoms with Crippen molar-refractivity contribution in [3.8, 4) is 16.2 Å². The highest BCUT2D eigenvalue weighted by molar-refractivity contribution is 7.17. The lowest BCUT2D eigenvalue weighted by molar-refractivity contribution is 0.0739. The van der Waals surface area contributed by atoms with Gasteiger partial charge in [-0.05, 0) is 75.3 Å². The summed E-state index contributed by atoms with van der Waals surface area (Å²) in [5.41, 5.74) is 1.07. The molecule has 0 saturated carbocycles. The molecule has 33 heavy (non-hydrogen) atoms. The minimum absolute atomic E-state index is 0.0160. The molecule has 1 aromatic heterocycles. The normalized spacial score (nSPS) is 20.8. The van der Waals surface area contributed by atoms with E-state index in [9.17, 15) is 9.59 Å². The highest BCUT2D eigenvalue weighted by Crippen LogP contribution is 2.31. The van der Waals surface area contributed by atoms with Crippen LogP contribution in [0.5, 0.6) is 5.75 Å². The van der Waals surface area contributed by atoms with Crippen LogP contribution in [0.25, 0.3) is 10.4 Å². The number of rotatable bonds is 6. The van der Waals surface area contributed by atoms with Crippen molar-refractivity contribution in [2.75, 3.05) is 53.9 Å². The summed E-state index contributed by atoms with van der Waals surface area (Å²) in [6.45, 7) is 5.84. The Kier molecular flexibility index (Phi) is 7.24. The number of carbonyl (C=O) groups excluding carboxylic acids is 2. The van der Waals surface area contributed by atoms with E-state index in [4.69, 9.17) is 4.74 Å². The zero-order valence-electron chi connectivity index (χ0n) is 20.0. The van der Waals surface area contributed by atoms with Gasteiger partial charge in [-0.25, -0.2) is 4.79 Å². The SMILES string of the molecule is CCOc1ccc(-c2ccc(C(=O)N(C)[C@H]3CCN(C(=O)N(C)[C@@H]4CCN(C)C4)C3)s2)cc1. The van der Waals surface area contributed by atoms with Crippen molar-refractivity contribution in [1.82, 2.24) is 19.6 Å². The molecule has 0 unspecified atom stereocenters. The van der Waals surface area contributed by atoms with Gasteiger partial charge in [-0.1, -0.05) is 0 Å². The predicted octanol–water partition coefficient (Wildman–Crippen LogP) is 3.72. The third-order valence-corrected chi connectivity index (χ3v) is 7.91. The van der Waals surface area contributed by atoms with Crippen molar-refractivity contribution in [3.05, 3.63) is 41.3 Å². The number of thiophene rings is 1. The van der Waals surface area contributed by atoms with E-state index in [1.54, 1.807) is 0 Å². The molecule has 0 bridgehead atoms. The lowest BCUT2D eigenvalue weighted by Gasteiger charge is -2.30. The van der Waals surface area contributed by atoms with Crippen LogP contribution >= 0.6 is 11.3 Å². The van der Waals surface area contributed by atoms with Crippen LogP contribution in [0.3, 0.4) is 0 Å². The molecule has 0 spiro atoms. The van der Waals surface area contributed by atoms with Gasteiger partial charge in [0.2, 0.25) is 0 Å². The summed E-state index contributed by atoms with van der Waals surface area (Å²) in [6, 6.07) is 12.2. The highest BCUT2D eigenvalue weighted by atomic mass is 32.1. The molecule has 178 valence electrons. The molecule has 7 nitrogen and oxygen atoms in total. The minimum Gasteiger partial charge on any atom is -0.494 e. The molecule has 3 heterocycles. The Bertz CT molecular complexity index is 976. The van der Waals surface area contributed by atoms with E-state index in [0.29, 0.717) is 19.7 Å². The number of hydrogen-bond acceptors (Lipinski definition) is 5. The van der Waals surface area contributed by atoms with Crippen molar-refractivity contribution in [2.45, 2.75) is 31.8 Å². The number of amides is 3. The molecule has 2 saturated heterocycles. The summed E-state index contributed by atoms with van der Waals surface area (Å²) in [6.07, 6.45) is 1.83. The summed E-state index contributed by atoms with van der Waals surface area (Å²) in [7, 11) is 5.85. The first-order valence-corrected chi connectivity index (χ1v) is 12.5. The molecule has 0 radical (unpaired) electrons. The topological polar surface area (TPSA) is 56.3 Å². The van der Waals surface area contributed by atoms with Crippen LogP contribution in [0.1, 0.15) is 29.4 Å². The smallest absolute Gasteiger partial charge is 0.320 e. The van der Waals surface area contributed by atoms with E-state index < -0.39 is 0 Å². The number of carbonyl (C=O) groups is 2. The van der Waals surface area contributed by atoms with Gasteiger partial charge in [-0.3, -0.25) is 4.79 Å². The number of nitrogens with zero attached hydrogens (tertiary/aromatic N) is 4. The Morgan fingerprint density at radius 1 is 1.00 bits per heavy atom. The second-order valence-electron chi connectivity index (χ2n) is 9.02. The van der Waals surface area contributed by atoms with E-state index >= 15 is 0 Å². The average molecular weight is 471 g/mol. The molecule has 2 fully saturated rings. The maximum atomic E-state index is 13.2. The highest BCUT2D eigenvalue weighted by Gasteiger charge is 2.35. The van der Waals surface area contributed by atoms with E-state index in [2.05, 4.69) is 11.9 Å². The number of urea groups is 1. The van der Waals surface area contributed by atoms with E-state index in [0.717, 1.165) is 47.0 Å². The van der Waals surface area contributed by atoms with Crippen molar-refractivity contribution in [1.29, 1.82) is 0 Å². The second-order valence-corrected chi connectivity index (χ2v) is 10.1. The van der Waals surface area contributed by atoms with Crippen LogP contribution in [0.15, 0.2) is 36.4 Å². The summed E-state index contributed by atoms with van der Waals surface area (Å²) >= 11 is 1.50. The molecular weight excluding hydrogens is 436 g/mol. The molecule has 8 heteroatoms. The fourth-order valence-corrected chi connectivity index (χ4v) is 5.66. The fraction of sp³-hybridized carbons (Fsp3) is 0.520. The molecule has 2 aliphatic heterocycles. The molecule has 0 N–H and O–H groups in total. The van der Waals surface area contributed by atoms with Gasteiger partial charge in [0.1, 0.15) is 5.75 Å². The van der Waals surface area contributed by atoms with E-state index in [1.807, 2.05) is 72.1 Å². The van der Waals surface area contributed by atoms with Gasteiger partial charge < -0.3 is 24.3 Å². The average Bonchev–Trinajstić information content (AvgIpc) is 3.58. The maximum Gasteiger partial charge on any atom is 0.320 e. The van der Waals surface area contributed by atoms with Crippen LogP contribution in [-0.2, 0) is 0 Å². The first-order valence-electron chi connectivity index (χ1n) is 11.7. The summed E-state index contributed by atoms with van der Waals surface area (Å²) in [5.74, 6) is 0.863. The van der Waals surface area contributed by atoms with Crippen molar-refractivity contribution >= 4 is 23.3 Å². The zero-order valence-corrected chi connectivity index (χ0v) is 20.8. The summed E-state index contributed by atoms with van der Waals surface area (Å²) < 4.78 is 5.51. The standard InChI is InChI=1S/C25H34N4O3S/c1-5-32-21-8-6-18(7-9-21)22-10-11-23(33-22)24(30)27(3)20-13-15-29(17-20)25(31)28(4)19-12-14-26(2)16-19/h6-11,19-20H,5,12-17H2,1-4H3/t19-,20+/m1/s1. The van der Waals surface area contributed by atoms with Crippen LogP contribution in [-0.4, -0.2) is 97.6 Å². The van der Waals surface area contributed by atoms with Gasteiger partial charge in [-0.2, -0.15) is 0 Å². The van der Waals surface area contributed by atoms with Crippen LogP contribution in [0.2, 0.25) is 0 Å². The Morgan fingerprint density at radius 2 is 1.70 bits per heavy atom. The molecule has 4 rings (SSSR count). The van der Waals surface area contributed by atoms with Crippen LogP contribution in [0, 0.1) is 0 Å². The molecule has 2 aromatic rings.